The van der Waals surface area contributed by atoms with Crippen molar-refractivity contribution in [2.75, 3.05) is 33.8 Å². The molecule has 0 atom stereocenters. The van der Waals surface area contributed by atoms with Crippen LogP contribution in [0, 0.1) is 17.1 Å². The van der Waals surface area contributed by atoms with E-state index in [1.165, 1.54) is 30.1 Å². The van der Waals surface area contributed by atoms with Crippen molar-refractivity contribution in [3.8, 4) is 23.1 Å². The maximum Gasteiger partial charge on any atom is 0.329 e. The average molecular weight is 385 g/mol. The molecule has 1 amide bonds. The normalized spacial score (nSPS) is 15.2. The van der Waals surface area contributed by atoms with Crippen molar-refractivity contribution >= 4 is 6.03 Å². The van der Waals surface area contributed by atoms with Crippen LogP contribution in [0.3, 0.4) is 0 Å². The Bertz CT molecular complexity index is 868. The van der Waals surface area contributed by atoms with Crippen LogP contribution in [0.4, 0.5) is 9.18 Å². The third kappa shape index (κ3) is 4.31. The molecule has 3 rings (SSSR count). The molecular formula is C20H24FN5O2. The lowest BCUT2D eigenvalue weighted by atomic mass is 10.0. The molecule has 2 aromatic rings. The van der Waals surface area contributed by atoms with Gasteiger partial charge in [0.05, 0.1) is 18.9 Å². The lowest BCUT2D eigenvalue weighted by Crippen LogP contribution is -2.46. The van der Waals surface area contributed by atoms with Gasteiger partial charge < -0.3 is 14.5 Å². The number of hydrogen-bond acceptors (Lipinski definition) is 5. The molecule has 0 radical (unpaired) electrons. The second-order valence-corrected chi connectivity index (χ2v) is 6.89. The van der Waals surface area contributed by atoms with E-state index in [4.69, 9.17) is 10.00 Å². The molecule has 148 valence electrons. The molecule has 0 aliphatic carbocycles. The summed E-state index contributed by atoms with van der Waals surface area (Å²) in [5.74, 6) is -0.304. The van der Waals surface area contributed by atoms with Crippen molar-refractivity contribution < 1.29 is 13.9 Å². The highest BCUT2D eigenvalue weighted by Crippen LogP contribution is 2.24. The van der Waals surface area contributed by atoms with Gasteiger partial charge in [-0.2, -0.15) is 5.26 Å². The van der Waals surface area contributed by atoms with Crippen LogP contribution in [-0.2, 0) is 0 Å². The van der Waals surface area contributed by atoms with E-state index in [0.29, 0.717) is 17.7 Å². The summed E-state index contributed by atoms with van der Waals surface area (Å²) in [5.41, 5.74) is 1.10. The van der Waals surface area contributed by atoms with Gasteiger partial charge in [0, 0.05) is 50.9 Å². The van der Waals surface area contributed by atoms with E-state index in [2.05, 4.69) is 16.0 Å². The maximum absolute atomic E-state index is 13.9. The second-order valence-electron chi connectivity index (χ2n) is 6.89. The summed E-state index contributed by atoms with van der Waals surface area (Å²) in [5, 5.41) is 8.70. The van der Waals surface area contributed by atoms with Gasteiger partial charge in [0.2, 0.25) is 0 Å². The minimum absolute atomic E-state index is 0.148. The molecule has 0 bridgehead atoms. The molecule has 1 fully saturated rings. The number of halogens is 1. The van der Waals surface area contributed by atoms with Gasteiger partial charge in [-0.1, -0.05) is 0 Å². The first kappa shape index (κ1) is 19.8. The molecule has 1 aromatic heterocycles. The molecule has 0 unspecified atom stereocenters. The van der Waals surface area contributed by atoms with Crippen LogP contribution in [0.15, 0.2) is 30.7 Å². The summed E-state index contributed by atoms with van der Waals surface area (Å²) in [7, 11) is 3.21. The Morgan fingerprint density at radius 3 is 2.82 bits per heavy atom. The van der Waals surface area contributed by atoms with E-state index in [1.54, 1.807) is 24.2 Å². The number of nitrogens with zero attached hydrogens (tertiary/aromatic N) is 5. The Balaban J connectivity index is 1.64. The highest BCUT2D eigenvalue weighted by Gasteiger charge is 2.26. The zero-order valence-corrected chi connectivity index (χ0v) is 16.1. The summed E-state index contributed by atoms with van der Waals surface area (Å²) < 4.78 is 20.3. The van der Waals surface area contributed by atoms with Gasteiger partial charge in [0.1, 0.15) is 6.33 Å². The smallest absolute Gasteiger partial charge is 0.329 e. The van der Waals surface area contributed by atoms with Gasteiger partial charge >= 0.3 is 6.03 Å². The Hall–Kier alpha value is -2.92. The number of likely N-dealkylation sites (tertiary alicyclic amines) is 1. The zero-order chi connectivity index (χ0) is 20.1. The molecule has 0 saturated carbocycles. The number of ether oxygens (including phenoxy) is 1. The second kappa shape index (κ2) is 8.85. The maximum atomic E-state index is 13.9. The van der Waals surface area contributed by atoms with Crippen molar-refractivity contribution in [3.05, 3.63) is 36.5 Å². The molecule has 0 N–H and O–H groups in total. The first-order valence-electron chi connectivity index (χ1n) is 9.28. The van der Waals surface area contributed by atoms with Crippen molar-refractivity contribution in [1.82, 2.24) is 19.4 Å². The van der Waals surface area contributed by atoms with Crippen LogP contribution in [-0.4, -0.2) is 65.2 Å². The lowest BCUT2D eigenvalue weighted by molar-refractivity contribution is 0.137. The number of nitriles is 1. The standard InChI is InChI=1S/C20H24FN5O2/c1-24(16-6-10-25(11-7-16)9-3-8-22)20(27)26-13-18(23-14-26)15-4-5-19(28-2)17(21)12-15/h4-5,12-14,16H,3,6-7,9-11H2,1-2H3. The lowest BCUT2D eigenvalue weighted by Gasteiger charge is -2.36. The third-order valence-corrected chi connectivity index (χ3v) is 5.20. The molecule has 1 aliphatic heterocycles. The number of benzene rings is 1. The summed E-state index contributed by atoms with van der Waals surface area (Å²) in [4.78, 5) is 21.0. The highest BCUT2D eigenvalue weighted by molar-refractivity contribution is 5.78. The number of aromatic nitrogens is 2. The number of imidazole rings is 1. The fourth-order valence-corrected chi connectivity index (χ4v) is 3.48. The number of rotatable bonds is 5. The first-order chi connectivity index (χ1) is 13.5. The molecular weight excluding hydrogens is 361 g/mol. The van der Waals surface area contributed by atoms with Gasteiger partial charge in [0.25, 0.3) is 0 Å². The summed E-state index contributed by atoms with van der Waals surface area (Å²) in [6.07, 6.45) is 5.35. The topological polar surface area (TPSA) is 74.4 Å². The van der Waals surface area contributed by atoms with Gasteiger partial charge in [-0.15, -0.1) is 0 Å². The van der Waals surface area contributed by atoms with Gasteiger partial charge in [-0.05, 0) is 31.0 Å². The monoisotopic (exact) mass is 385 g/mol. The summed E-state index contributed by atoms with van der Waals surface area (Å²) >= 11 is 0. The molecule has 28 heavy (non-hydrogen) atoms. The van der Waals surface area contributed by atoms with Crippen LogP contribution < -0.4 is 4.74 Å². The molecule has 1 aromatic carbocycles. The highest BCUT2D eigenvalue weighted by atomic mass is 19.1. The van der Waals surface area contributed by atoms with E-state index in [9.17, 15) is 9.18 Å². The van der Waals surface area contributed by atoms with Crippen LogP contribution in [0.25, 0.3) is 11.3 Å². The molecule has 7 nitrogen and oxygen atoms in total. The van der Waals surface area contributed by atoms with Crippen molar-refractivity contribution in [3.63, 3.8) is 0 Å². The third-order valence-electron chi connectivity index (χ3n) is 5.20. The van der Waals surface area contributed by atoms with Crippen molar-refractivity contribution in [1.29, 1.82) is 5.26 Å². The largest absolute Gasteiger partial charge is 0.494 e. The fraction of sp³-hybridized carbons (Fsp3) is 0.450. The van der Waals surface area contributed by atoms with Crippen molar-refractivity contribution in [2.45, 2.75) is 25.3 Å². The summed E-state index contributed by atoms with van der Waals surface area (Å²) in [6, 6.07) is 6.74. The van der Waals surface area contributed by atoms with Crippen LogP contribution in [0.5, 0.6) is 5.75 Å². The van der Waals surface area contributed by atoms with Crippen LogP contribution in [0.1, 0.15) is 19.3 Å². The number of carbonyl (C=O) groups is 1. The molecule has 0 spiro atoms. The number of piperidine rings is 1. The van der Waals surface area contributed by atoms with Gasteiger partial charge in [0.15, 0.2) is 11.6 Å². The Kier molecular flexibility index (Phi) is 6.26. The van der Waals surface area contributed by atoms with Crippen LogP contribution in [0.2, 0.25) is 0 Å². The van der Waals surface area contributed by atoms with E-state index < -0.39 is 5.82 Å². The number of hydrogen-bond donors (Lipinski definition) is 0. The number of methoxy groups -OCH3 is 1. The average Bonchev–Trinajstić information content (AvgIpc) is 3.21. The number of amides is 1. The minimum Gasteiger partial charge on any atom is -0.494 e. The number of carbonyl (C=O) groups excluding carboxylic acids is 1. The Labute approximate surface area is 163 Å². The van der Waals surface area contributed by atoms with Gasteiger partial charge in [-0.25, -0.2) is 14.2 Å². The van der Waals surface area contributed by atoms with E-state index in [1.807, 2.05) is 0 Å². The van der Waals surface area contributed by atoms with Gasteiger partial charge in [-0.3, -0.25) is 4.57 Å². The molecule has 1 saturated heterocycles. The minimum atomic E-state index is -0.471. The Morgan fingerprint density at radius 1 is 1.43 bits per heavy atom. The first-order valence-corrected chi connectivity index (χ1v) is 9.28. The fourth-order valence-electron chi connectivity index (χ4n) is 3.48. The van der Waals surface area contributed by atoms with E-state index >= 15 is 0 Å². The van der Waals surface area contributed by atoms with E-state index in [-0.39, 0.29) is 17.8 Å². The predicted molar refractivity (Wildman–Crippen MR) is 102 cm³/mol. The van der Waals surface area contributed by atoms with Crippen molar-refractivity contribution in [2.24, 2.45) is 0 Å². The van der Waals surface area contributed by atoms with Crippen LogP contribution >= 0.6 is 0 Å². The molecule has 2 heterocycles. The molecule has 8 heteroatoms. The summed E-state index contributed by atoms with van der Waals surface area (Å²) in [6.45, 7) is 2.54. The zero-order valence-electron chi connectivity index (χ0n) is 16.1. The molecule has 1 aliphatic rings. The Morgan fingerprint density at radius 2 is 2.18 bits per heavy atom. The predicted octanol–water partition coefficient (Wildman–Crippen LogP) is 2.98. The quantitative estimate of drug-likeness (QED) is 0.791. The van der Waals surface area contributed by atoms with E-state index in [0.717, 1.165) is 32.5 Å². The SMILES string of the molecule is COc1ccc(-c2cn(C(=O)N(C)C3CCN(CCC#N)CC3)cn2)cc1F.